The van der Waals surface area contributed by atoms with Crippen molar-refractivity contribution in [3.63, 3.8) is 0 Å². The first-order chi connectivity index (χ1) is 8.49. The highest BCUT2D eigenvalue weighted by molar-refractivity contribution is 14.1. The first kappa shape index (κ1) is 16.1. The van der Waals surface area contributed by atoms with Crippen LogP contribution in [0.4, 0.5) is 0 Å². The molecule has 2 unspecified atom stereocenters. The number of halogens is 2. The molecular formula is C12H15ClINO2S. The Labute approximate surface area is 130 Å². The van der Waals surface area contributed by atoms with Crippen LogP contribution in [0.3, 0.4) is 0 Å². The van der Waals surface area contributed by atoms with E-state index in [9.17, 15) is 9.90 Å². The highest BCUT2D eigenvalue weighted by atomic mass is 127. The molecule has 18 heavy (non-hydrogen) atoms. The van der Waals surface area contributed by atoms with E-state index in [0.29, 0.717) is 10.6 Å². The molecule has 0 fully saturated rings. The average Bonchev–Trinajstić information content (AvgIpc) is 2.33. The van der Waals surface area contributed by atoms with E-state index < -0.39 is 0 Å². The van der Waals surface area contributed by atoms with Crippen LogP contribution in [0.1, 0.15) is 17.3 Å². The van der Waals surface area contributed by atoms with Crippen molar-refractivity contribution >= 4 is 51.9 Å². The second kappa shape index (κ2) is 7.57. The van der Waals surface area contributed by atoms with E-state index in [0.717, 1.165) is 3.57 Å². The highest BCUT2D eigenvalue weighted by Gasteiger charge is 2.19. The molecule has 0 radical (unpaired) electrons. The van der Waals surface area contributed by atoms with Crippen LogP contribution < -0.4 is 5.32 Å². The lowest BCUT2D eigenvalue weighted by molar-refractivity contribution is 0.0935. The molecule has 6 heteroatoms. The Balaban J connectivity index is 2.79. The third-order valence-corrected chi connectivity index (χ3v) is 4.91. The van der Waals surface area contributed by atoms with Gasteiger partial charge in [0, 0.05) is 19.9 Å². The van der Waals surface area contributed by atoms with Gasteiger partial charge < -0.3 is 10.4 Å². The molecule has 1 amide bonds. The summed E-state index contributed by atoms with van der Waals surface area (Å²) in [5.41, 5.74) is 0.563. The summed E-state index contributed by atoms with van der Waals surface area (Å²) in [7, 11) is 0. The fraction of sp³-hybridized carbons (Fsp3) is 0.417. The Kier molecular flexibility index (Phi) is 6.76. The van der Waals surface area contributed by atoms with Gasteiger partial charge in [-0.05, 0) is 54.0 Å². The van der Waals surface area contributed by atoms with Crippen LogP contribution in [0.5, 0.6) is 0 Å². The molecule has 0 saturated carbocycles. The second-order valence-electron chi connectivity index (χ2n) is 3.84. The minimum absolute atomic E-state index is 0.00852. The molecule has 1 rings (SSSR count). The van der Waals surface area contributed by atoms with Gasteiger partial charge in [-0.1, -0.05) is 11.6 Å². The fourth-order valence-electron chi connectivity index (χ4n) is 1.49. The number of amides is 1. The number of rotatable bonds is 5. The predicted molar refractivity (Wildman–Crippen MR) is 85.5 cm³/mol. The zero-order valence-corrected chi connectivity index (χ0v) is 13.8. The molecule has 3 nitrogen and oxygen atoms in total. The zero-order chi connectivity index (χ0) is 13.7. The molecule has 0 spiro atoms. The summed E-state index contributed by atoms with van der Waals surface area (Å²) in [4.78, 5) is 12.1. The third kappa shape index (κ3) is 4.29. The molecule has 0 heterocycles. The minimum Gasteiger partial charge on any atom is -0.395 e. The van der Waals surface area contributed by atoms with Crippen LogP contribution >= 0.6 is 46.0 Å². The maximum atomic E-state index is 12.1. The van der Waals surface area contributed by atoms with E-state index in [4.69, 9.17) is 11.6 Å². The van der Waals surface area contributed by atoms with Gasteiger partial charge >= 0.3 is 0 Å². The normalized spacial score (nSPS) is 14.1. The van der Waals surface area contributed by atoms with Gasteiger partial charge in [-0.25, -0.2) is 0 Å². The summed E-state index contributed by atoms with van der Waals surface area (Å²) in [6.07, 6.45) is 1.91. The standard InChI is InChI=1S/C12H15ClINO2S/c1-7(11(6-16)18-2)15-12(17)9-5-8(13)3-4-10(9)14/h3-5,7,11,16H,6H2,1-2H3,(H,15,17). The molecule has 100 valence electrons. The maximum absolute atomic E-state index is 12.1. The summed E-state index contributed by atoms with van der Waals surface area (Å²) in [6.45, 7) is 1.92. The third-order valence-electron chi connectivity index (χ3n) is 2.57. The van der Waals surface area contributed by atoms with Crippen molar-refractivity contribution in [2.45, 2.75) is 18.2 Å². The molecule has 0 bridgehead atoms. The lowest BCUT2D eigenvalue weighted by Gasteiger charge is -2.21. The summed E-state index contributed by atoms with van der Waals surface area (Å²) in [5, 5.41) is 12.6. The molecule has 0 aromatic heterocycles. The number of benzene rings is 1. The second-order valence-corrected chi connectivity index (χ2v) is 6.52. The number of carbonyl (C=O) groups excluding carboxylic acids is 1. The summed E-state index contributed by atoms with van der Waals surface area (Å²) in [6, 6.07) is 5.10. The van der Waals surface area contributed by atoms with Crippen molar-refractivity contribution in [1.82, 2.24) is 5.32 Å². The summed E-state index contributed by atoms with van der Waals surface area (Å²) in [5.74, 6) is -0.165. The Morgan fingerprint density at radius 3 is 2.83 bits per heavy atom. The number of aliphatic hydroxyl groups is 1. The molecule has 1 aromatic rings. The van der Waals surface area contributed by atoms with Crippen LogP contribution in [0.25, 0.3) is 0 Å². The molecule has 2 atom stereocenters. The van der Waals surface area contributed by atoms with E-state index in [1.807, 2.05) is 13.2 Å². The zero-order valence-electron chi connectivity index (χ0n) is 10.1. The van der Waals surface area contributed by atoms with Gasteiger partial charge in [-0.15, -0.1) is 0 Å². The van der Waals surface area contributed by atoms with Crippen LogP contribution in [-0.4, -0.2) is 35.2 Å². The maximum Gasteiger partial charge on any atom is 0.252 e. The smallest absolute Gasteiger partial charge is 0.252 e. The van der Waals surface area contributed by atoms with Crippen LogP contribution in [0.2, 0.25) is 5.02 Å². The van der Waals surface area contributed by atoms with Crippen molar-refractivity contribution < 1.29 is 9.90 Å². The average molecular weight is 400 g/mol. The van der Waals surface area contributed by atoms with Crippen LogP contribution in [-0.2, 0) is 0 Å². The number of thioether (sulfide) groups is 1. The lowest BCUT2D eigenvalue weighted by atomic mass is 10.2. The molecule has 2 N–H and O–H groups in total. The molecule has 0 aliphatic rings. The van der Waals surface area contributed by atoms with E-state index in [1.54, 1.807) is 18.2 Å². The van der Waals surface area contributed by atoms with E-state index in [2.05, 4.69) is 27.9 Å². The Hall–Kier alpha value is 0.0200. The molecule has 1 aromatic carbocycles. The molecule has 0 saturated heterocycles. The largest absolute Gasteiger partial charge is 0.395 e. The van der Waals surface area contributed by atoms with Gasteiger partial charge in [0.25, 0.3) is 5.91 Å². The van der Waals surface area contributed by atoms with Crippen molar-refractivity contribution in [2.24, 2.45) is 0 Å². The lowest BCUT2D eigenvalue weighted by Crippen LogP contribution is -2.41. The molecule has 0 aliphatic carbocycles. The van der Waals surface area contributed by atoms with Gasteiger partial charge in [0.15, 0.2) is 0 Å². The first-order valence-corrected chi connectivity index (χ1v) is 8.13. The van der Waals surface area contributed by atoms with Crippen LogP contribution in [0.15, 0.2) is 18.2 Å². The highest BCUT2D eigenvalue weighted by Crippen LogP contribution is 2.18. The van der Waals surface area contributed by atoms with Gasteiger partial charge in [-0.2, -0.15) is 11.8 Å². The molecular weight excluding hydrogens is 385 g/mol. The Morgan fingerprint density at radius 1 is 1.61 bits per heavy atom. The Morgan fingerprint density at radius 2 is 2.28 bits per heavy atom. The van der Waals surface area contributed by atoms with Gasteiger partial charge in [-0.3, -0.25) is 4.79 Å². The number of hydrogen-bond donors (Lipinski definition) is 2. The summed E-state index contributed by atoms with van der Waals surface area (Å²) >= 11 is 9.52. The minimum atomic E-state index is -0.165. The SMILES string of the molecule is CSC(CO)C(C)NC(=O)c1cc(Cl)ccc1I. The van der Waals surface area contributed by atoms with E-state index in [1.165, 1.54) is 11.8 Å². The van der Waals surface area contributed by atoms with Crippen LogP contribution in [0, 0.1) is 3.57 Å². The quantitative estimate of drug-likeness (QED) is 0.749. The van der Waals surface area contributed by atoms with E-state index in [-0.39, 0.29) is 23.8 Å². The topological polar surface area (TPSA) is 49.3 Å². The summed E-state index contributed by atoms with van der Waals surface area (Å²) < 4.78 is 0.853. The van der Waals surface area contributed by atoms with Gasteiger partial charge in [0.05, 0.1) is 12.2 Å². The fourth-order valence-corrected chi connectivity index (χ4v) is 2.86. The monoisotopic (exact) mass is 399 g/mol. The van der Waals surface area contributed by atoms with Crippen molar-refractivity contribution in [3.05, 3.63) is 32.4 Å². The number of nitrogens with one attached hydrogen (secondary N) is 1. The Bertz CT molecular complexity index is 427. The molecule has 0 aliphatic heterocycles. The number of carbonyl (C=O) groups is 1. The van der Waals surface area contributed by atoms with Gasteiger partial charge in [0.2, 0.25) is 0 Å². The van der Waals surface area contributed by atoms with Crippen molar-refractivity contribution in [1.29, 1.82) is 0 Å². The first-order valence-electron chi connectivity index (χ1n) is 5.39. The van der Waals surface area contributed by atoms with Crippen molar-refractivity contribution in [2.75, 3.05) is 12.9 Å². The van der Waals surface area contributed by atoms with Gasteiger partial charge in [0.1, 0.15) is 0 Å². The number of hydrogen-bond acceptors (Lipinski definition) is 3. The number of aliphatic hydroxyl groups excluding tert-OH is 1. The van der Waals surface area contributed by atoms with E-state index >= 15 is 0 Å². The van der Waals surface area contributed by atoms with Crippen molar-refractivity contribution in [3.8, 4) is 0 Å². The predicted octanol–water partition coefficient (Wildman–Crippen LogP) is 2.79.